The molecule has 9 nitrogen and oxygen atoms in total. The molecule has 1 atom stereocenters. The van der Waals surface area contributed by atoms with Crippen molar-refractivity contribution in [1.82, 2.24) is 15.3 Å². The summed E-state index contributed by atoms with van der Waals surface area (Å²) in [6, 6.07) is 11.6. The van der Waals surface area contributed by atoms with E-state index in [-0.39, 0.29) is 52.2 Å². The third-order valence-corrected chi connectivity index (χ3v) is 6.93. The number of benzene rings is 2. The topological polar surface area (TPSA) is 136 Å². The molecule has 4 aromatic rings. The fourth-order valence-electron chi connectivity index (χ4n) is 4.72. The number of alkyl halides is 3. The van der Waals surface area contributed by atoms with E-state index in [2.05, 4.69) is 15.3 Å². The highest BCUT2D eigenvalue weighted by Gasteiger charge is 2.43. The van der Waals surface area contributed by atoms with Crippen LogP contribution in [-0.2, 0) is 11.2 Å². The van der Waals surface area contributed by atoms with Gasteiger partial charge in [-0.3, -0.25) is 14.4 Å². The van der Waals surface area contributed by atoms with Gasteiger partial charge in [-0.2, -0.15) is 13.2 Å². The second-order valence-electron chi connectivity index (χ2n) is 10.3. The van der Waals surface area contributed by atoms with E-state index in [1.165, 1.54) is 36.4 Å². The molecule has 1 aliphatic rings. The van der Waals surface area contributed by atoms with Gasteiger partial charge in [0, 0.05) is 34.7 Å². The van der Waals surface area contributed by atoms with Crippen LogP contribution >= 0.6 is 0 Å². The molecular formula is C31H28F4N4O5. The summed E-state index contributed by atoms with van der Waals surface area (Å²) in [6.07, 6.45) is -3.80. The number of nitrogens with one attached hydrogen (secondary N) is 2. The van der Waals surface area contributed by atoms with Crippen LogP contribution in [0, 0.1) is 5.82 Å². The second-order valence-corrected chi connectivity index (χ2v) is 10.3. The van der Waals surface area contributed by atoms with E-state index in [9.17, 15) is 31.9 Å². The van der Waals surface area contributed by atoms with Gasteiger partial charge >= 0.3 is 6.18 Å². The molecule has 13 heteroatoms. The Morgan fingerprint density at radius 1 is 1.11 bits per heavy atom. The number of amides is 2. The lowest BCUT2D eigenvalue weighted by Gasteiger charge is -2.23. The van der Waals surface area contributed by atoms with Crippen molar-refractivity contribution in [2.45, 2.75) is 44.4 Å². The van der Waals surface area contributed by atoms with E-state index < -0.39 is 48.4 Å². The maximum Gasteiger partial charge on any atom is 0.398 e. The standard InChI is InChI=1S/C31H28F4N4O5/c1-2-43-29-18(14-25(36)40)12-23(38-28(29)16-3-6-20(32)7-4-16)22(31(33,34)35)15-37-30(42)19-11-17-5-10-26(41)39-27(17)24(13-19)44-21-8-9-21/h3-7,10-13,21-22H,2,8-9,14-15H2,1H3,(H2,36,40)(H,37,42)(H,39,41)/t22-/m1/s1. The summed E-state index contributed by atoms with van der Waals surface area (Å²) < 4.78 is 68.8. The van der Waals surface area contributed by atoms with Gasteiger partial charge in [0.2, 0.25) is 11.5 Å². The Kier molecular flexibility index (Phi) is 8.56. The SMILES string of the molecule is CCOc1c(CC(N)=O)cc([C@@H](CNC(=O)c2cc(OC3CC3)c3[nH]c(=O)ccc3c2)C(F)(F)F)nc1-c1ccc(F)cc1. The van der Waals surface area contributed by atoms with Crippen molar-refractivity contribution in [2.75, 3.05) is 13.2 Å². The van der Waals surface area contributed by atoms with Gasteiger partial charge in [0.1, 0.15) is 28.9 Å². The van der Waals surface area contributed by atoms with Crippen LogP contribution in [0.2, 0.25) is 0 Å². The third-order valence-electron chi connectivity index (χ3n) is 6.93. The number of carbonyl (C=O) groups excluding carboxylic acids is 2. The molecule has 230 valence electrons. The van der Waals surface area contributed by atoms with Crippen molar-refractivity contribution in [3.63, 3.8) is 0 Å². The first-order chi connectivity index (χ1) is 20.9. The first-order valence-electron chi connectivity index (χ1n) is 13.8. The molecule has 2 aromatic heterocycles. The molecular weight excluding hydrogens is 584 g/mol. The summed E-state index contributed by atoms with van der Waals surface area (Å²) in [5, 5.41) is 2.81. The van der Waals surface area contributed by atoms with Gasteiger partial charge < -0.3 is 25.5 Å². The van der Waals surface area contributed by atoms with Crippen LogP contribution in [0.15, 0.2) is 59.4 Å². The molecule has 0 aliphatic heterocycles. The van der Waals surface area contributed by atoms with Crippen molar-refractivity contribution < 1.29 is 36.6 Å². The van der Waals surface area contributed by atoms with Crippen molar-refractivity contribution in [3.8, 4) is 22.8 Å². The Hall–Kier alpha value is -4.94. The average Bonchev–Trinajstić information content (AvgIpc) is 3.78. The van der Waals surface area contributed by atoms with Gasteiger partial charge in [-0.05, 0) is 68.3 Å². The van der Waals surface area contributed by atoms with Gasteiger partial charge in [-0.25, -0.2) is 9.37 Å². The van der Waals surface area contributed by atoms with Gasteiger partial charge in [-0.1, -0.05) is 0 Å². The average molecular weight is 613 g/mol. The summed E-state index contributed by atoms with van der Waals surface area (Å²) in [7, 11) is 0. The fraction of sp³-hybridized carbons (Fsp3) is 0.290. The predicted octanol–water partition coefficient (Wildman–Crippen LogP) is 4.77. The number of H-pyrrole nitrogens is 1. The minimum atomic E-state index is -4.87. The molecule has 4 N–H and O–H groups in total. The Morgan fingerprint density at radius 2 is 1.84 bits per heavy atom. The molecule has 0 unspecified atom stereocenters. The number of rotatable bonds is 11. The number of primary amides is 1. The number of hydrogen-bond acceptors (Lipinski definition) is 6. The van der Waals surface area contributed by atoms with E-state index in [1.54, 1.807) is 6.92 Å². The minimum Gasteiger partial charge on any atom is -0.491 e. The molecule has 2 heterocycles. The van der Waals surface area contributed by atoms with Crippen LogP contribution in [-0.4, -0.2) is 47.2 Å². The first kappa shape index (κ1) is 30.5. The molecule has 0 bridgehead atoms. The summed E-state index contributed by atoms with van der Waals surface area (Å²) in [5.74, 6) is -4.20. The van der Waals surface area contributed by atoms with Crippen LogP contribution in [0.25, 0.3) is 22.2 Å². The molecule has 0 radical (unpaired) electrons. The number of fused-ring (bicyclic) bond motifs is 1. The van der Waals surface area contributed by atoms with Crippen LogP contribution in [0.1, 0.15) is 47.3 Å². The Bertz CT molecular complexity index is 1770. The molecule has 0 spiro atoms. The quantitative estimate of drug-likeness (QED) is 0.209. The van der Waals surface area contributed by atoms with E-state index >= 15 is 0 Å². The van der Waals surface area contributed by atoms with Gasteiger partial charge in [0.25, 0.3) is 5.91 Å². The molecule has 1 aliphatic carbocycles. The molecule has 0 saturated heterocycles. The zero-order valence-corrected chi connectivity index (χ0v) is 23.5. The van der Waals surface area contributed by atoms with Crippen LogP contribution in [0.3, 0.4) is 0 Å². The Labute approximate surface area is 248 Å². The fourth-order valence-corrected chi connectivity index (χ4v) is 4.72. The predicted molar refractivity (Wildman–Crippen MR) is 153 cm³/mol. The molecule has 2 aromatic carbocycles. The van der Waals surface area contributed by atoms with Gasteiger partial charge in [0.05, 0.1) is 30.3 Å². The lowest BCUT2D eigenvalue weighted by molar-refractivity contribution is -0.149. The van der Waals surface area contributed by atoms with Crippen LogP contribution in [0.4, 0.5) is 17.6 Å². The van der Waals surface area contributed by atoms with Crippen molar-refractivity contribution >= 4 is 22.7 Å². The normalized spacial score (nSPS) is 13.8. The van der Waals surface area contributed by atoms with Crippen molar-refractivity contribution in [1.29, 1.82) is 0 Å². The summed E-state index contributed by atoms with van der Waals surface area (Å²) >= 11 is 0. The maximum absolute atomic E-state index is 14.5. The van der Waals surface area contributed by atoms with E-state index in [4.69, 9.17) is 15.2 Å². The molecule has 1 fully saturated rings. The highest BCUT2D eigenvalue weighted by molar-refractivity contribution is 6.00. The molecule has 5 rings (SSSR count). The monoisotopic (exact) mass is 612 g/mol. The lowest BCUT2D eigenvalue weighted by atomic mass is 9.97. The molecule has 44 heavy (non-hydrogen) atoms. The zero-order chi connectivity index (χ0) is 31.6. The zero-order valence-electron chi connectivity index (χ0n) is 23.5. The highest BCUT2D eigenvalue weighted by atomic mass is 19.4. The number of carbonyl (C=O) groups is 2. The largest absolute Gasteiger partial charge is 0.491 e. The first-order valence-corrected chi connectivity index (χ1v) is 13.8. The van der Waals surface area contributed by atoms with Crippen molar-refractivity contribution in [2.24, 2.45) is 5.73 Å². The lowest BCUT2D eigenvalue weighted by Crippen LogP contribution is -2.35. The summed E-state index contributed by atoms with van der Waals surface area (Å²) in [6.45, 7) is 0.854. The number of hydrogen-bond donors (Lipinski definition) is 3. The van der Waals surface area contributed by atoms with Crippen LogP contribution in [0.5, 0.6) is 11.5 Å². The maximum atomic E-state index is 14.5. The second kappa shape index (κ2) is 12.3. The number of aromatic nitrogens is 2. The number of ether oxygens (including phenoxy) is 2. The molecule has 1 saturated carbocycles. The third kappa shape index (κ3) is 6.99. The number of nitrogens with two attached hydrogens (primary N) is 1. The summed E-state index contributed by atoms with van der Waals surface area (Å²) in [4.78, 5) is 43.9. The molecule has 2 amide bonds. The number of nitrogens with zero attached hydrogens (tertiary/aromatic N) is 1. The highest BCUT2D eigenvalue weighted by Crippen LogP contribution is 2.39. The van der Waals surface area contributed by atoms with E-state index in [0.29, 0.717) is 10.9 Å². The smallest absolute Gasteiger partial charge is 0.398 e. The number of pyridine rings is 2. The van der Waals surface area contributed by atoms with Crippen molar-refractivity contribution in [3.05, 3.63) is 87.6 Å². The Balaban J connectivity index is 1.51. The van der Waals surface area contributed by atoms with Crippen LogP contribution < -0.4 is 26.1 Å². The summed E-state index contributed by atoms with van der Waals surface area (Å²) in [5.41, 5.74) is 5.22. The Morgan fingerprint density at radius 3 is 2.48 bits per heavy atom. The minimum absolute atomic E-state index is 0.0298. The number of aromatic amines is 1. The van der Waals surface area contributed by atoms with E-state index in [1.807, 2.05) is 0 Å². The number of halogens is 4. The van der Waals surface area contributed by atoms with Gasteiger partial charge in [0.15, 0.2) is 0 Å². The van der Waals surface area contributed by atoms with Gasteiger partial charge in [-0.15, -0.1) is 0 Å². The van der Waals surface area contributed by atoms with E-state index in [0.717, 1.165) is 31.0 Å².